The van der Waals surface area contributed by atoms with Crippen LogP contribution in [0.3, 0.4) is 0 Å². The summed E-state index contributed by atoms with van der Waals surface area (Å²) in [5.74, 6) is -2.51. The molecule has 0 fully saturated rings. The minimum Gasteiger partial charge on any atom is -0.545 e. The van der Waals surface area contributed by atoms with Gasteiger partial charge in [0, 0.05) is 16.6 Å². The van der Waals surface area contributed by atoms with Crippen molar-refractivity contribution in [2.45, 2.75) is 26.5 Å². The number of ether oxygens (including phenoxy) is 1. The Morgan fingerprint density at radius 1 is 1.14 bits per heavy atom. The van der Waals surface area contributed by atoms with Gasteiger partial charge in [0.05, 0.1) is 12.2 Å². The number of amides is 2. The smallest absolute Gasteiger partial charge is 0.329 e. The molecule has 0 heterocycles. The van der Waals surface area contributed by atoms with Crippen LogP contribution in [0.4, 0.5) is 0 Å². The summed E-state index contributed by atoms with van der Waals surface area (Å²) in [5, 5.41) is 17.4. The summed E-state index contributed by atoms with van der Waals surface area (Å²) in [7, 11) is 0. The van der Waals surface area contributed by atoms with Crippen molar-refractivity contribution >= 4 is 35.6 Å². The predicted octanol–water partition coefficient (Wildman–Crippen LogP) is 1.26. The first-order chi connectivity index (χ1) is 13.8. The summed E-state index contributed by atoms with van der Waals surface area (Å²) < 4.78 is 5.73. The molecule has 152 valence electrons. The van der Waals surface area contributed by atoms with E-state index in [2.05, 4.69) is 15.8 Å². The highest BCUT2D eigenvalue weighted by molar-refractivity contribution is 6.35. The van der Waals surface area contributed by atoms with Crippen LogP contribution in [0.1, 0.15) is 35.3 Å². The lowest BCUT2D eigenvalue weighted by atomic mass is 10.1. The van der Waals surface area contributed by atoms with Gasteiger partial charge in [-0.15, -0.1) is 0 Å². The molecular weight excluding hydrogens is 398 g/mol. The fourth-order valence-corrected chi connectivity index (χ4v) is 2.37. The molecule has 2 N–H and O–H groups in total. The molecule has 9 heteroatoms. The van der Waals surface area contributed by atoms with E-state index in [1.54, 1.807) is 44.2 Å². The van der Waals surface area contributed by atoms with Gasteiger partial charge in [-0.2, -0.15) is 5.10 Å². The number of nitrogens with one attached hydrogen (secondary N) is 2. The van der Waals surface area contributed by atoms with Crippen molar-refractivity contribution in [3.8, 4) is 5.75 Å². The van der Waals surface area contributed by atoms with E-state index in [1.807, 2.05) is 0 Å². The molecule has 8 nitrogen and oxygen atoms in total. The fraction of sp³-hybridized carbons (Fsp3) is 0.200. The highest BCUT2D eigenvalue weighted by Gasteiger charge is 2.13. The first kappa shape index (κ1) is 21.9. The van der Waals surface area contributed by atoms with Gasteiger partial charge >= 0.3 is 11.8 Å². The normalized spacial score (nSPS) is 10.8. The van der Waals surface area contributed by atoms with Gasteiger partial charge in [0.15, 0.2) is 0 Å². The summed E-state index contributed by atoms with van der Waals surface area (Å²) in [6.45, 7) is 3.63. The summed E-state index contributed by atoms with van der Waals surface area (Å²) in [4.78, 5) is 34.0. The average molecular weight is 417 g/mol. The Hall–Kier alpha value is -3.39. The molecule has 0 saturated heterocycles. The predicted molar refractivity (Wildman–Crippen MR) is 106 cm³/mol. The Morgan fingerprint density at radius 3 is 2.45 bits per heavy atom. The van der Waals surface area contributed by atoms with E-state index < -0.39 is 17.8 Å². The van der Waals surface area contributed by atoms with E-state index >= 15 is 0 Å². The zero-order chi connectivity index (χ0) is 21.4. The van der Waals surface area contributed by atoms with E-state index in [0.29, 0.717) is 16.3 Å². The Labute approximate surface area is 172 Å². The lowest BCUT2D eigenvalue weighted by Gasteiger charge is -2.10. The molecule has 0 saturated carbocycles. The van der Waals surface area contributed by atoms with Gasteiger partial charge in [0.2, 0.25) is 0 Å². The third kappa shape index (κ3) is 6.93. The van der Waals surface area contributed by atoms with Gasteiger partial charge in [-0.3, -0.25) is 9.59 Å². The second-order valence-corrected chi connectivity index (χ2v) is 6.72. The molecule has 2 rings (SSSR count). The van der Waals surface area contributed by atoms with Crippen molar-refractivity contribution in [1.82, 2.24) is 10.7 Å². The Bertz CT molecular complexity index is 926. The fourth-order valence-electron chi connectivity index (χ4n) is 2.19. The maximum absolute atomic E-state index is 11.7. The van der Waals surface area contributed by atoms with E-state index in [1.165, 1.54) is 18.3 Å². The van der Waals surface area contributed by atoms with Crippen LogP contribution in [-0.2, 0) is 16.2 Å². The molecule has 0 radical (unpaired) electrons. The number of hydrogen-bond donors (Lipinski definition) is 2. The van der Waals surface area contributed by atoms with Crippen molar-refractivity contribution in [1.29, 1.82) is 0 Å². The molecule has 29 heavy (non-hydrogen) atoms. The minimum atomic E-state index is -1.25. The van der Waals surface area contributed by atoms with E-state index in [-0.39, 0.29) is 18.2 Å². The molecule has 0 atom stereocenters. The van der Waals surface area contributed by atoms with Crippen LogP contribution < -0.4 is 20.6 Å². The second-order valence-electron chi connectivity index (χ2n) is 6.28. The topological polar surface area (TPSA) is 120 Å². The lowest BCUT2D eigenvalue weighted by molar-refractivity contribution is -0.255. The summed E-state index contributed by atoms with van der Waals surface area (Å²) in [6.07, 6.45) is 1.31. The van der Waals surface area contributed by atoms with Crippen LogP contribution in [0.25, 0.3) is 0 Å². The number of carbonyl (C=O) groups is 3. The number of nitrogens with zero attached hydrogens (tertiary/aromatic N) is 1. The molecule has 0 aromatic heterocycles. The zero-order valence-corrected chi connectivity index (χ0v) is 16.5. The van der Waals surface area contributed by atoms with Crippen LogP contribution in [0, 0.1) is 0 Å². The highest BCUT2D eigenvalue weighted by atomic mass is 35.5. The number of hydrazone groups is 1. The maximum Gasteiger partial charge on any atom is 0.329 e. The number of rotatable bonds is 7. The van der Waals surface area contributed by atoms with Crippen molar-refractivity contribution < 1.29 is 24.2 Å². The van der Waals surface area contributed by atoms with Crippen molar-refractivity contribution in [2.24, 2.45) is 5.10 Å². The molecule has 0 spiro atoms. The highest BCUT2D eigenvalue weighted by Crippen LogP contribution is 2.22. The van der Waals surface area contributed by atoms with Gasteiger partial charge < -0.3 is 20.0 Å². The standard InChI is InChI=1S/C20H20ClN3O5/c1-12(2)23-18(25)19(26)24-22-10-15-9-16(21)7-8-17(15)29-11-13-3-5-14(6-4-13)20(27)28/h3-10,12H,11H2,1-2H3,(H,23,25)(H,24,26)(H,27,28)/p-1/b22-10-. The van der Waals surface area contributed by atoms with Gasteiger partial charge in [0.25, 0.3) is 0 Å². The zero-order valence-electron chi connectivity index (χ0n) is 15.8. The summed E-state index contributed by atoms with van der Waals surface area (Å²) in [5.41, 5.74) is 3.43. The first-order valence-corrected chi connectivity index (χ1v) is 9.00. The molecule has 0 unspecified atom stereocenters. The number of halogens is 1. The summed E-state index contributed by atoms with van der Waals surface area (Å²) in [6, 6.07) is 10.7. The third-order valence-corrected chi connectivity index (χ3v) is 3.79. The van der Waals surface area contributed by atoms with Gasteiger partial charge in [-0.05, 0) is 43.2 Å². The molecule has 0 aliphatic rings. The summed E-state index contributed by atoms with van der Waals surface area (Å²) >= 11 is 6.00. The molecule has 0 aliphatic heterocycles. The van der Waals surface area contributed by atoms with E-state index in [9.17, 15) is 19.5 Å². The number of carbonyl (C=O) groups excluding carboxylic acids is 3. The van der Waals surface area contributed by atoms with Crippen LogP contribution >= 0.6 is 11.6 Å². The van der Waals surface area contributed by atoms with Crippen LogP contribution in [0.15, 0.2) is 47.6 Å². The minimum absolute atomic E-state index is 0.0744. The van der Waals surface area contributed by atoms with Gasteiger partial charge in [-0.25, -0.2) is 5.43 Å². The number of aromatic carboxylic acids is 1. The quantitative estimate of drug-likeness (QED) is 0.400. The molecule has 0 bridgehead atoms. The number of hydrogen-bond acceptors (Lipinski definition) is 6. The number of carboxylic acid groups (broad SMARTS) is 1. The first-order valence-electron chi connectivity index (χ1n) is 8.63. The lowest BCUT2D eigenvalue weighted by Crippen LogP contribution is -2.41. The third-order valence-electron chi connectivity index (χ3n) is 3.55. The van der Waals surface area contributed by atoms with Crippen molar-refractivity contribution in [2.75, 3.05) is 0 Å². The number of benzene rings is 2. The monoisotopic (exact) mass is 416 g/mol. The van der Waals surface area contributed by atoms with Gasteiger partial charge in [0.1, 0.15) is 12.4 Å². The Kier molecular flexibility index (Phi) is 7.73. The Morgan fingerprint density at radius 2 is 1.83 bits per heavy atom. The molecule has 2 aromatic rings. The van der Waals surface area contributed by atoms with E-state index in [4.69, 9.17) is 16.3 Å². The average Bonchev–Trinajstić information content (AvgIpc) is 2.67. The van der Waals surface area contributed by atoms with Crippen molar-refractivity contribution in [3.63, 3.8) is 0 Å². The van der Waals surface area contributed by atoms with E-state index in [0.717, 1.165) is 5.56 Å². The Balaban J connectivity index is 2.04. The largest absolute Gasteiger partial charge is 0.545 e. The van der Waals surface area contributed by atoms with Crippen LogP contribution in [0.2, 0.25) is 5.02 Å². The maximum atomic E-state index is 11.7. The molecular formula is C20H19ClN3O5-. The van der Waals surface area contributed by atoms with Crippen molar-refractivity contribution in [3.05, 3.63) is 64.2 Å². The molecule has 2 amide bonds. The SMILES string of the molecule is CC(C)NC(=O)C(=O)N/N=C\c1cc(Cl)ccc1OCc1ccc(C(=O)[O-])cc1. The molecule has 2 aromatic carbocycles. The van der Waals surface area contributed by atoms with Crippen LogP contribution in [0.5, 0.6) is 5.75 Å². The molecule has 0 aliphatic carbocycles. The number of carboxylic acids is 1. The second kappa shape index (κ2) is 10.2. The van der Waals surface area contributed by atoms with Gasteiger partial charge in [-0.1, -0.05) is 35.9 Å². The van der Waals surface area contributed by atoms with Crippen LogP contribution in [-0.4, -0.2) is 30.0 Å².